The van der Waals surface area contributed by atoms with Crippen molar-refractivity contribution in [2.24, 2.45) is 0 Å². The zero-order valence-electron chi connectivity index (χ0n) is 7.86. The first-order valence-electron chi connectivity index (χ1n) is 4.55. The third kappa shape index (κ3) is 3.02. The molecule has 2 N–H and O–H groups in total. The van der Waals surface area contributed by atoms with Crippen LogP contribution in [0.15, 0.2) is 10.8 Å². The predicted molar refractivity (Wildman–Crippen MR) is 53.7 cm³/mol. The first kappa shape index (κ1) is 12.1. The Morgan fingerprint density at radius 2 is 2.14 bits per heavy atom. The van der Waals surface area contributed by atoms with Crippen LogP contribution in [0.3, 0.4) is 0 Å². The van der Waals surface area contributed by atoms with E-state index in [4.69, 9.17) is 4.74 Å². The zero-order valence-corrected chi connectivity index (χ0v) is 9.45. The summed E-state index contributed by atoms with van der Waals surface area (Å²) in [5.74, 6) is 0. The topological polar surface area (TPSA) is 49.7 Å². The minimum atomic E-state index is -0.864. The maximum Gasteiger partial charge on any atom is 0.161 e. The standard InChI is InChI=1S/C9H14BrFO3/c1-5-8(12)9(13)6(14-5)3-2-4-7(10)11/h4-6,8-9,12-13H,2-3H2,1H3/b7-4+/t5-,6+,8?,9-/m0/s1. The third-order valence-electron chi connectivity index (χ3n) is 2.35. The van der Waals surface area contributed by atoms with E-state index in [-0.39, 0.29) is 6.10 Å². The van der Waals surface area contributed by atoms with Crippen molar-refractivity contribution in [1.82, 2.24) is 0 Å². The number of aliphatic hydroxyl groups excluding tert-OH is 2. The normalized spacial score (nSPS) is 39.1. The lowest BCUT2D eigenvalue weighted by atomic mass is 10.1. The molecule has 82 valence electrons. The van der Waals surface area contributed by atoms with E-state index in [0.717, 1.165) is 0 Å². The van der Waals surface area contributed by atoms with Crippen molar-refractivity contribution in [3.63, 3.8) is 0 Å². The van der Waals surface area contributed by atoms with E-state index in [1.165, 1.54) is 6.08 Å². The highest BCUT2D eigenvalue weighted by Gasteiger charge is 2.39. The van der Waals surface area contributed by atoms with Crippen molar-refractivity contribution in [2.45, 2.75) is 44.2 Å². The van der Waals surface area contributed by atoms with Crippen LogP contribution in [0, 0.1) is 0 Å². The second kappa shape index (κ2) is 5.21. The third-order valence-corrected chi connectivity index (χ3v) is 2.67. The molecule has 3 nitrogen and oxygen atoms in total. The van der Waals surface area contributed by atoms with Gasteiger partial charge in [-0.15, -0.1) is 0 Å². The van der Waals surface area contributed by atoms with Crippen molar-refractivity contribution in [3.05, 3.63) is 10.8 Å². The van der Waals surface area contributed by atoms with Crippen LogP contribution in [0.5, 0.6) is 0 Å². The smallest absolute Gasteiger partial charge is 0.161 e. The monoisotopic (exact) mass is 268 g/mol. The van der Waals surface area contributed by atoms with Crippen LogP contribution in [-0.4, -0.2) is 34.6 Å². The first-order valence-corrected chi connectivity index (χ1v) is 5.34. The fourth-order valence-electron chi connectivity index (χ4n) is 1.53. The number of hydrogen-bond acceptors (Lipinski definition) is 3. The number of allylic oxidation sites excluding steroid dienone is 1. The lowest BCUT2D eigenvalue weighted by molar-refractivity contribution is 0.0120. The molecule has 1 aliphatic rings. The average molecular weight is 269 g/mol. The summed E-state index contributed by atoms with van der Waals surface area (Å²) in [6.45, 7) is 1.70. The Morgan fingerprint density at radius 1 is 1.50 bits per heavy atom. The number of hydrogen-bond donors (Lipinski definition) is 2. The summed E-state index contributed by atoms with van der Waals surface area (Å²) in [5.41, 5.74) is 0. The molecule has 0 aromatic carbocycles. The Morgan fingerprint density at radius 3 is 2.57 bits per heavy atom. The van der Waals surface area contributed by atoms with Gasteiger partial charge in [-0.2, -0.15) is 4.39 Å². The van der Waals surface area contributed by atoms with Gasteiger partial charge in [-0.05, 0) is 41.8 Å². The number of aliphatic hydroxyl groups is 2. The number of ether oxygens (including phenoxy) is 1. The molecule has 0 bridgehead atoms. The molecule has 0 radical (unpaired) electrons. The van der Waals surface area contributed by atoms with Crippen molar-refractivity contribution in [1.29, 1.82) is 0 Å². The molecule has 1 aliphatic heterocycles. The zero-order chi connectivity index (χ0) is 10.7. The molecule has 1 rings (SSSR count). The van der Waals surface area contributed by atoms with Gasteiger partial charge in [0.1, 0.15) is 12.2 Å². The van der Waals surface area contributed by atoms with Crippen LogP contribution in [-0.2, 0) is 4.74 Å². The lowest BCUT2D eigenvalue weighted by Gasteiger charge is -2.12. The van der Waals surface area contributed by atoms with E-state index >= 15 is 0 Å². The summed E-state index contributed by atoms with van der Waals surface area (Å²) in [5, 5.41) is 18.9. The Labute approximate surface area is 90.7 Å². The highest BCUT2D eigenvalue weighted by molar-refractivity contribution is 9.11. The van der Waals surface area contributed by atoms with Crippen molar-refractivity contribution >= 4 is 15.9 Å². The second-order valence-corrected chi connectivity index (χ2v) is 4.19. The van der Waals surface area contributed by atoms with E-state index in [1.54, 1.807) is 6.92 Å². The molecule has 0 spiro atoms. The van der Waals surface area contributed by atoms with E-state index < -0.39 is 23.0 Å². The predicted octanol–water partition coefficient (Wildman–Crippen LogP) is 1.48. The van der Waals surface area contributed by atoms with Crippen LogP contribution in [0.25, 0.3) is 0 Å². The van der Waals surface area contributed by atoms with Gasteiger partial charge in [0.25, 0.3) is 0 Å². The number of rotatable bonds is 3. The summed E-state index contributed by atoms with van der Waals surface area (Å²) >= 11 is 2.66. The molecular weight excluding hydrogens is 255 g/mol. The van der Waals surface area contributed by atoms with E-state index in [2.05, 4.69) is 15.9 Å². The van der Waals surface area contributed by atoms with Gasteiger partial charge in [-0.1, -0.05) is 0 Å². The van der Waals surface area contributed by atoms with Gasteiger partial charge in [-0.25, -0.2) is 0 Å². The Balaban J connectivity index is 2.36. The highest BCUT2D eigenvalue weighted by Crippen LogP contribution is 2.24. The lowest BCUT2D eigenvalue weighted by Crippen LogP contribution is -2.31. The molecule has 0 aliphatic carbocycles. The molecule has 14 heavy (non-hydrogen) atoms. The van der Waals surface area contributed by atoms with E-state index in [0.29, 0.717) is 12.8 Å². The van der Waals surface area contributed by atoms with Gasteiger partial charge in [0.2, 0.25) is 0 Å². The summed E-state index contributed by atoms with van der Waals surface area (Å²) in [4.78, 5) is 0. The van der Waals surface area contributed by atoms with Crippen molar-refractivity contribution in [3.8, 4) is 0 Å². The van der Waals surface area contributed by atoms with Gasteiger partial charge in [0.05, 0.1) is 12.2 Å². The van der Waals surface area contributed by atoms with Gasteiger partial charge >= 0.3 is 0 Å². The Hall–Kier alpha value is 0.0300. The first-order chi connectivity index (χ1) is 6.52. The van der Waals surface area contributed by atoms with Crippen molar-refractivity contribution < 1.29 is 19.3 Å². The Kier molecular flexibility index (Phi) is 4.50. The minimum absolute atomic E-state index is 0.354. The molecule has 0 amide bonds. The maximum atomic E-state index is 12.3. The quantitative estimate of drug-likeness (QED) is 0.816. The SMILES string of the molecule is C[C@@H]1O[C@H](CC/C=C(/F)Br)[C@H](O)C1O. The summed E-state index contributed by atoms with van der Waals surface area (Å²) in [6, 6.07) is 0. The molecule has 0 aromatic rings. The fraction of sp³-hybridized carbons (Fsp3) is 0.778. The fourth-order valence-corrected chi connectivity index (χ4v) is 1.76. The van der Waals surface area contributed by atoms with Crippen molar-refractivity contribution in [2.75, 3.05) is 0 Å². The molecule has 0 aromatic heterocycles. The van der Waals surface area contributed by atoms with Crippen LogP contribution < -0.4 is 0 Å². The van der Waals surface area contributed by atoms with E-state index in [1.807, 2.05) is 0 Å². The van der Waals surface area contributed by atoms with E-state index in [9.17, 15) is 14.6 Å². The summed E-state index contributed by atoms with van der Waals surface area (Å²) in [6.07, 6.45) is -0.115. The second-order valence-electron chi connectivity index (χ2n) is 3.43. The molecule has 4 atom stereocenters. The largest absolute Gasteiger partial charge is 0.388 e. The van der Waals surface area contributed by atoms with Gasteiger partial charge < -0.3 is 14.9 Å². The average Bonchev–Trinajstić information content (AvgIpc) is 2.33. The van der Waals surface area contributed by atoms with Crippen LogP contribution in [0.2, 0.25) is 0 Å². The van der Waals surface area contributed by atoms with Crippen LogP contribution in [0.1, 0.15) is 19.8 Å². The molecule has 1 unspecified atom stereocenters. The summed E-state index contributed by atoms with van der Waals surface area (Å²) in [7, 11) is 0. The minimum Gasteiger partial charge on any atom is -0.388 e. The number of halogens is 2. The highest BCUT2D eigenvalue weighted by atomic mass is 79.9. The molecule has 1 saturated heterocycles. The molecular formula is C9H14BrFO3. The van der Waals surface area contributed by atoms with Gasteiger partial charge in [0, 0.05) is 0 Å². The molecule has 5 heteroatoms. The maximum absolute atomic E-state index is 12.3. The molecule has 1 fully saturated rings. The Bertz CT molecular complexity index is 218. The molecule has 0 saturated carbocycles. The van der Waals surface area contributed by atoms with Gasteiger partial charge in [-0.3, -0.25) is 0 Å². The van der Waals surface area contributed by atoms with Gasteiger partial charge in [0.15, 0.2) is 4.74 Å². The molecule has 1 heterocycles. The van der Waals surface area contributed by atoms with Crippen LogP contribution >= 0.6 is 15.9 Å². The summed E-state index contributed by atoms with van der Waals surface area (Å²) < 4.78 is 17.1. The van der Waals surface area contributed by atoms with Crippen LogP contribution in [0.4, 0.5) is 4.39 Å².